The summed E-state index contributed by atoms with van der Waals surface area (Å²) in [7, 11) is 4.76. The highest BCUT2D eigenvalue weighted by molar-refractivity contribution is 5.56. The molecule has 126 valence electrons. The predicted octanol–water partition coefficient (Wildman–Crippen LogP) is 2.01. The predicted molar refractivity (Wildman–Crippen MR) is 91.8 cm³/mol. The maximum absolute atomic E-state index is 6.09. The Balaban J connectivity index is 1.89. The van der Waals surface area contributed by atoms with Crippen LogP contribution in [0, 0.1) is 0 Å². The van der Waals surface area contributed by atoms with E-state index in [-0.39, 0.29) is 0 Å². The number of hydrogen-bond donors (Lipinski definition) is 1. The first kappa shape index (κ1) is 15.9. The Morgan fingerprint density at radius 2 is 1.79 bits per heavy atom. The van der Waals surface area contributed by atoms with E-state index in [1.54, 1.807) is 27.5 Å². The second kappa shape index (κ2) is 6.66. The molecule has 7 nitrogen and oxygen atoms in total. The van der Waals surface area contributed by atoms with Crippen molar-refractivity contribution in [2.24, 2.45) is 0 Å². The normalized spacial score (nSPS) is 12.7. The van der Waals surface area contributed by atoms with Gasteiger partial charge >= 0.3 is 0 Å². The number of ether oxygens (including phenoxy) is 3. The second-order valence-electron chi connectivity index (χ2n) is 5.33. The molecule has 3 rings (SSSR count). The molecule has 0 saturated heterocycles. The van der Waals surface area contributed by atoms with E-state index in [1.165, 1.54) is 0 Å². The minimum Gasteiger partial charge on any atom is -0.493 e. The van der Waals surface area contributed by atoms with Crippen molar-refractivity contribution >= 4 is 11.8 Å². The Hall–Kier alpha value is -2.96. The summed E-state index contributed by atoms with van der Waals surface area (Å²) in [6, 6.07) is 3.79. The number of methoxy groups -OCH3 is 3. The zero-order valence-corrected chi connectivity index (χ0v) is 13.9. The van der Waals surface area contributed by atoms with Gasteiger partial charge in [0, 0.05) is 30.9 Å². The van der Waals surface area contributed by atoms with E-state index < -0.39 is 0 Å². The van der Waals surface area contributed by atoms with Crippen LogP contribution in [-0.2, 0) is 6.42 Å². The average Bonchev–Trinajstić information content (AvgIpc) is 2.54. The van der Waals surface area contributed by atoms with Gasteiger partial charge in [-0.25, -0.2) is 4.98 Å². The summed E-state index contributed by atoms with van der Waals surface area (Å²) >= 11 is 0. The number of nitrogens with zero attached hydrogens (tertiary/aromatic N) is 3. The highest BCUT2D eigenvalue weighted by Gasteiger charge is 2.16. The van der Waals surface area contributed by atoms with Crippen molar-refractivity contribution in [3.63, 3.8) is 0 Å². The van der Waals surface area contributed by atoms with E-state index in [0.717, 1.165) is 17.7 Å². The first-order chi connectivity index (χ1) is 11.7. The van der Waals surface area contributed by atoms with Crippen LogP contribution in [0.3, 0.4) is 0 Å². The number of hydrogen-bond acceptors (Lipinski definition) is 7. The lowest BCUT2D eigenvalue weighted by atomic mass is 10.1. The van der Waals surface area contributed by atoms with Crippen LogP contribution in [0.1, 0.15) is 11.1 Å². The van der Waals surface area contributed by atoms with Crippen LogP contribution in [0.15, 0.2) is 30.6 Å². The molecule has 0 unspecified atom stereocenters. The molecule has 2 N–H and O–H groups in total. The van der Waals surface area contributed by atoms with Crippen molar-refractivity contribution in [2.45, 2.75) is 6.42 Å². The van der Waals surface area contributed by atoms with Gasteiger partial charge < -0.3 is 24.8 Å². The van der Waals surface area contributed by atoms with Gasteiger partial charge in [0.2, 0.25) is 11.7 Å². The molecule has 0 spiro atoms. The lowest BCUT2D eigenvalue weighted by Gasteiger charge is -2.23. The number of anilines is 2. The van der Waals surface area contributed by atoms with Crippen LogP contribution >= 0.6 is 0 Å². The van der Waals surface area contributed by atoms with Gasteiger partial charge in [-0.15, -0.1) is 0 Å². The molecule has 1 aliphatic rings. The summed E-state index contributed by atoms with van der Waals surface area (Å²) in [6.07, 6.45) is 6.28. The molecular formula is C17H20N4O3. The lowest BCUT2D eigenvalue weighted by Crippen LogP contribution is -2.26. The summed E-state index contributed by atoms with van der Waals surface area (Å²) < 4.78 is 16.1. The van der Waals surface area contributed by atoms with E-state index in [1.807, 2.05) is 29.3 Å². The molecule has 0 amide bonds. The molecule has 24 heavy (non-hydrogen) atoms. The monoisotopic (exact) mass is 328 g/mol. The Morgan fingerprint density at radius 3 is 2.25 bits per heavy atom. The number of benzene rings is 1. The summed E-state index contributed by atoms with van der Waals surface area (Å²) in [6.45, 7) is 0.811. The second-order valence-corrected chi connectivity index (χ2v) is 5.33. The fourth-order valence-corrected chi connectivity index (χ4v) is 2.50. The third-order valence-electron chi connectivity index (χ3n) is 3.85. The molecule has 0 saturated carbocycles. The van der Waals surface area contributed by atoms with Crippen LogP contribution in [-0.4, -0.2) is 37.8 Å². The molecule has 0 bridgehead atoms. The topological polar surface area (TPSA) is 82.7 Å². The minimum atomic E-state index is 0.467. The largest absolute Gasteiger partial charge is 0.493 e. The Morgan fingerprint density at radius 1 is 1.12 bits per heavy atom. The summed E-state index contributed by atoms with van der Waals surface area (Å²) in [4.78, 5) is 10.7. The quantitative estimate of drug-likeness (QED) is 0.868. The first-order valence-corrected chi connectivity index (χ1v) is 7.49. The molecule has 2 aromatic rings. The molecule has 0 atom stereocenters. The van der Waals surface area contributed by atoms with Crippen LogP contribution < -0.4 is 24.8 Å². The fraction of sp³-hybridized carbons (Fsp3) is 0.294. The van der Waals surface area contributed by atoms with E-state index in [9.17, 15) is 0 Å². The summed E-state index contributed by atoms with van der Waals surface area (Å²) in [5.41, 5.74) is 7.91. The Labute approximate surface area is 140 Å². The number of nitrogens with two attached hydrogens (primary N) is 1. The molecule has 2 heterocycles. The fourth-order valence-electron chi connectivity index (χ4n) is 2.50. The van der Waals surface area contributed by atoms with Gasteiger partial charge in [-0.1, -0.05) is 0 Å². The average molecular weight is 328 g/mol. The van der Waals surface area contributed by atoms with Gasteiger partial charge in [0.15, 0.2) is 11.5 Å². The van der Waals surface area contributed by atoms with E-state index in [0.29, 0.717) is 35.4 Å². The Kier molecular flexibility index (Phi) is 4.41. The zero-order valence-electron chi connectivity index (χ0n) is 13.9. The van der Waals surface area contributed by atoms with Gasteiger partial charge in [0.05, 0.1) is 21.3 Å². The SMILES string of the molecule is COc1cc(Cc2cnc(N3C=CC3)nc2N)cc(OC)c1OC. The maximum Gasteiger partial charge on any atom is 0.231 e. The standard InChI is InChI=1S/C17H20N4O3/c1-22-13-8-11(9-14(23-2)15(13)24-3)7-12-10-19-17(20-16(12)18)21-5-4-6-21/h4-5,8-10H,6-7H2,1-3H3,(H2,18,19,20). The van der Waals surface area contributed by atoms with Gasteiger partial charge in [-0.05, 0) is 23.8 Å². The van der Waals surface area contributed by atoms with Crippen molar-refractivity contribution in [3.05, 3.63) is 41.7 Å². The number of nitrogen functional groups attached to an aromatic ring is 1. The smallest absolute Gasteiger partial charge is 0.231 e. The van der Waals surface area contributed by atoms with E-state index in [4.69, 9.17) is 19.9 Å². The molecule has 1 aromatic heterocycles. The van der Waals surface area contributed by atoms with Gasteiger partial charge in [0.25, 0.3) is 0 Å². The number of aromatic nitrogens is 2. The van der Waals surface area contributed by atoms with Crippen LogP contribution in [0.5, 0.6) is 17.2 Å². The van der Waals surface area contributed by atoms with E-state index in [2.05, 4.69) is 9.97 Å². The molecule has 0 aliphatic carbocycles. The maximum atomic E-state index is 6.09. The van der Waals surface area contributed by atoms with Crippen molar-refractivity contribution < 1.29 is 14.2 Å². The molecule has 0 radical (unpaired) electrons. The zero-order chi connectivity index (χ0) is 17.1. The van der Waals surface area contributed by atoms with Gasteiger partial charge in [0.1, 0.15) is 5.82 Å². The van der Waals surface area contributed by atoms with Gasteiger partial charge in [-0.2, -0.15) is 4.98 Å². The van der Waals surface area contributed by atoms with E-state index >= 15 is 0 Å². The Bertz CT molecular complexity index is 751. The third-order valence-corrected chi connectivity index (χ3v) is 3.85. The summed E-state index contributed by atoms with van der Waals surface area (Å²) in [5.74, 6) is 2.85. The minimum absolute atomic E-state index is 0.467. The van der Waals surface area contributed by atoms with Crippen LogP contribution in [0.4, 0.5) is 11.8 Å². The van der Waals surface area contributed by atoms with Crippen molar-refractivity contribution in [3.8, 4) is 17.2 Å². The van der Waals surface area contributed by atoms with Crippen LogP contribution in [0.25, 0.3) is 0 Å². The molecular weight excluding hydrogens is 308 g/mol. The number of rotatable bonds is 6. The van der Waals surface area contributed by atoms with Crippen molar-refractivity contribution in [1.29, 1.82) is 0 Å². The van der Waals surface area contributed by atoms with Gasteiger partial charge in [-0.3, -0.25) is 0 Å². The first-order valence-electron chi connectivity index (χ1n) is 7.49. The van der Waals surface area contributed by atoms with Crippen molar-refractivity contribution in [1.82, 2.24) is 9.97 Å². The highest BCUT2D eigenvalue weighted by atomic mass is 16.5. The lowest BCUT2D eigenvalue weighted by molar-refractivity contribution is 0.324. The molecule has 7 heteroatoms. The summed E-state index contributed by atoms with van der Waals surface area (Å²) in [5, 5.41) is 0. The van der Waals surface area contributed by atoms with Crippen molar-refractivity contribution in [2.75, 3.05) is 38.5 Å². The molecule has 1 aromatic carbocycles. The van der Waals surface area contributed by atoms with Crippen LogP contribution in [0.2, 0.25) is 0 Å². The molecule has 1 aliphatic heterocycles. The molecule has 0 fully saturated rings. The third kappa shape index (κ3) is 2.92. The highest BCUT2D eigenvalue weighted by Crippen LogP contribution is 2.38.